The van der Waals surface area contributed by atoms with Crippen LogP contribution in [0.5, 0.6) is 5.75 Å². The van der Waals surface area contributed by atoms with Crippen molar-refractivity contribution in [2.75, 3.05) is 6.61 Å². The maximum atomic E-state index is 11.9. The molecule has 1 aromatic carbocycles. The number of hydrogen-bond donors (Lipinski definition) is 1. The fourth-order valence-corrected chi connectivity index (χ4v) is 4.66. The van der Waals surface area contributed by atoms with Crippen molar-refractivity contribution in [1.29, 1.82) is 0 Å². The summed E-state index contributed by atoms with van der Waals surface area (Å²) in [7, 11) is 0. The fourth-order valence-electron chi connectivity index (χ4n) is 4.66. The lowest BCUT2D eigenvalue weighted by Gasteiger charge is -2.12. The van der Waals surface area contributed by atoms with Crippen molar-refractivity contribution >= 4 is 11.9 Å². The van der Waals surface area contributed by atoms with Gasteiger partial charge < -0.3 is 15.2 Å². The molecule has 5 nitrogen and oxygen atoms in total. The van der Waals surface area contributed by atoms with Crippen LogP contribution in [0.2, 0.25) is 0 Å². The predicted octanol–water partition coefficient (Wildman–Crippen LogP) is 7.82. The molecule has 1 saturated carbocycles. The van der Waals surface area contributed by atoms with Gasteiger partial charge in [-0.15, -0.1) is 0 Å². The number of benzene rings is 1. The van der Waals surface area contributed by atoms with Gasteiger partial charge in [-0.05, 0) is 49.8 Å². The van der Waals surface area contributed by atoms with Crippen molar-refractivity contribution in [2.45, 2.75) is 141 Å². The standard InChI is InChI=1S/C31H51NO4/c1-2-3-4-5-6-7-8-9-10-11-12-13-15-19-27-20-18-21-28(26-27)35-25-17-14-16-22-29(33)36-31(23-24-31)30(32)34/h18,20-21,26H,2-17,19,22-25H2,1H3,(H2,32,34). The molecular weight excluding hydrogens is 450 g/mol. The summed E-state index contributed by atoms with van der Waals surface area (Å²) in [5, 5.41) is 0. The zero-order chi connectivity index (χ0) is 25.9. The lowest BCUT2D eigenvalue weighted by molar-refractivity contribution is -0.157. The van der Waals surface area contributed by atoms with Gasteiger partial charge in [0.2, 0.25) is 0 Å². The van der Waals surface area contributed by atoms with Gasteiger partial charge in [-0.2, -0.15) is 0 Å². The van der Waals surface area contributed by atoms with Crippen LogP contribution in [0.3, 0.4) is 0 Å². The van der Waals surface area contributed by atoms with E-state index in [0.717, 1.165) is 31.4 Å². The minimum absolute atomic E-state index is 0.323. The molecular formula is C31H51NO4. The summed E-state index contributed by atoms with van der Waals surface area (Å²) in [4.78, 5) is 23.2. The smallest absolute Gasteiger partial charge is 0.306 e. The Morgan fingerprint density at radius 2 is 1.39 bits per heavy atom. The van der Waals surface area contributed by atoms with E-state index < -0.39 is 11.5 Å². The number of aryl methyl sites for hydroxylation is 1. The van der Waals surface area contributed by atoms with E-state index in [2.05, 4.69) is 25.1 Å². The molecule has 0 spiro atoms. The highest BCUT2D eigenvalue weighted by Gasteiger charge is 2.52. The van der Waals surface area contributed by atoms with Crippen LogP contribution in [0, 0.1) is 0 Å². The lowest BCUT2D eigenvalue weighted by Crippen LogP contribution is -2.35. The Kier molecular flexibility index (Phi) is 15.3. The highest BCUT2D eigenvalue weighted by Crippen LogP contribution is 2.39. The number of ether oxygens (including phenoxy) is 2. The van der Waals surface area contributed by atoms with Crippen LogP contribution in [0.25, 0.3) is 0 Å². The van der Waals surface area contributed by atoms with Crippen molar-refractivity contribution in [2.24, 2.45) is 5.73 Å². The van der Waals surface area contributed by atoms with Gasteiger partial charge >= 0.3 is 5.97 Å². The molecule has 0 radical (unpaired) electrons. The summed E-state index contributed by atoms with van der Waals surface area (Å²) < 4.78 is 11.2. The molecule has 1 amide bonds. The third-order valence-electron chi connectivity index (χ3n) is 7.22. The summed E-state index contributed by atoms with van der Waals surface area (Å²) in [6.07, 6.45) is 23.0. The number of primary amides is 1. The van der Waals surface area contributed by atoms with E-state index in [4.69, 9.17) is 15.2 Å². The summed E-state index contributed by atoms with van der Waals surface area (Å²) >= 11 is 0. The quantitative estimate of drug-likeness (QED) is 0.122. The molecule has 1 fully saturated rings. The van der Waals surface area contributed by atoms with Gasteiger partial charge in [-0.1, -0.05) is 96.1 Å². The summed E-state index contributed by atoms with van der Waals surface area (Å²) in [5.74, 6) is 0.0763. The summed E-state index contributed by atoms with van der Waals surface area (Å²) in [5.41, 5.74) is 5.63. The molecule has 0 aliphatic heterocycles. The van der Waals surface area contributed by atoms with Gasteiger partial charge in [-0.25, -0.2) is 0 Å². The normalized spacial score (nSPS) is 13.9. The van der Waals surface area contributed by atoms with Gasteiger partial charge in [0.25, 0.3) is 5.91 Å². The summed E-state index contributed by atoms with van der Waals surface area (Å²) in [6.45, 7) is 2.92. The van der Waals surface area contributed by atoms with E-state index in [1.807, 2.05) is 6.07 Å². The Balaban J connectivity index is 1.42. The second-order valence-electron chi connectivity index (χ2n) is 10.6. The van der Waals surface area contributed by atoms with Crippen molar-refractivity contribution < 1.29 is 19.1 Å². The Morgan fingerprint density at radius 1 is 0.806 bits per heavy atom. The monoisotopic (exact) mass is 501 g/mol. The highest BCUT2D eigenvalue weighted by molar-refractivity contribution is 5.89. The van der Waals surface area contributed by atoms with Gasteiger partial charge in [0, 0.05) is 19.3 Å². The second kappa shape index (κ2) is 18.2. The van der Waals surface area contributed by atoms with E-state index in [-0.39, 0.29) is 5.97 Å². The maximum Gasteiger partial charge on any atom is 0.306 e. The molecule has 1 aliphatic carbocycles. The fraction of sp³-hybridized carbons (Fsp3) is 0.742. The van der Waals surface area contributed by atoms with E-state index in [0.29, 0.717) is 25.9 Å². The van der Waals surface area contributed by atoms with Gasteiger partial charge in [0.15, 0.2) is 5.60 Å². The number of esters is 1. The lowest BCUT2D eigenvalue weighted by atomic mass is 10.0. The molecule has 0 heterocycles. The van der Waals surface area contributed by atoms with Crippen LogP contribution in [-0.2, 0) is 20.7 Å². The Labute approximate surface area is 219 Å². The molecule has 2 rings (SSSR count). The minimum Gasteiger partial charge on any atom is -0.494 e. The van der Waals surface area contributed by atoms with Crippen LogP contribution >= 0.6 is 0 Å². The topological polar surface area (TPSA) is 78.6 Å². The first kappa shape index (κ1) is 30.2. The van der Waals surface area contributed by atoms with Crippen LogP contribution < -0.4 is 10.5 Å². The Morgan fingerprint density at radius 3 is 1.97 bits per heavy atom. The zero-order valence-corrected chi connectivity index (χ0v) is 22.9. The van der Waals surface area contributed by atoms with E-state index >= 15 is 0 Å². The third kappa shape index (κ3) is 13.3. The Hall–Kier alpha value is -2.04. The van der Waals surface area contributed by atoms with E-state index in [1.165, 1.54) is 89.0 Å². The van der Waals surface area contributed by atoms with Crippen molar-refractivity contribution in [1.82, 2.24) is 0 Å². The maximum absolute atomic E-state index is 11.9. The number of carbonyl (C=O) groups is 2. The van der Waals surface area contributed by atoms with Crippen LogP contribution in [0.15, 0.2) is 24.3 Å². The highest BCUT2D eigenvalue weighted by atomic mass is 16.6. The number of nitrogens with two attached hydrogens (primary N) is 1. The molecule has 5 heteroatoms. The molecule has 0 atom stereocenters. The predicted molar refractivity (Wildman–Crippen MR) is 147 cm³/mol. The molecule has 0 aromatic heterocycles. The molecule has 0 unspecified atom stereocenters. The number of carbonyl (C=O) groups excluding carboxylic acids is 2. The number of rotatable bonds is 23. The van der Waals surface area contributed by atoms with Crippen molar-refractivity contribution in [3.05, 3.63) is 29.8 Å². The van der Waals surface area contributed by atoms with Crippen LogP contribution in [0.1, 0.15) is 134 Å². The molecule has 1 aromatic rings. The molecule has 204 valence electrons. The molecule has 2 N–H and O–H groups in total. The Bertz CT molecular complexity index is 744. The van der Waals surface area contributed by atoms with Gasteiger partial charge in [-0.3, -0.25) is 9.59 Å². The molecule has 0 bridgehead atoms. The first-order valence-electron chi connectivity index (χ1n) is 14.8. The first-order chi connectivity index (χ1) is 17.6. The largest absolute Gasteiger partial charge is 0.494 e. The SMILES string of the molecule is CCCCCCCCCCCCCCCc1cccc(OCCCCCC(=O)OC2(C(N)=O)CC2)c1. The molecule has 1 aliphatic rings. The number of amides is 1. The van der Waals surface area contributed by atoms with E-state index in [1.54, 1.807) is 0 Å². The first-order valence-corrected chi connectivity index (χ1v) is 14.8. The summed E-state index contributed by atoms with van der Waals surface area (Å²) in [6, 6.07) is 8.45. The third-order valence-corrected chi connectivity index (χ3v) is 7.22. The number of hydrogen-bond acceptors (Lipinski definition) is 4. The molecule has 36 heavy (non-hydrogen) atoms. The van der Waals surface area contributed by atoms with Crippen LogP contribution in [-0.4, -0.2) is 24.1 Å². The minimum atomic E-state index is -1.00. The van der Waals surface area contributed by atoms with Gasteiger partial charge in [0.05, 0.1) is 6.61 Å². The average Bonchev–Trinajstić information content (AvgIpc) is 3.65. The number of unbranched alkanes of at least 4 members (excludes halogenated alkanes) is 14. The van der Waals surface area contributed by atoms with Crippen molar-refractivity contribution in [3.8, 4) is 5.75 Å². The molecule has 0 saturated heterocycles. The van der Waals surface area contributed by atoms with Gasteiger partial charge in [0.1, 0.15) is 5.75 Å². The zero-order valence-electron chi connectivity index (χ0n) is 22.9. The van der Waals surface area contributed by atoms with E-state index in [9.17, 15) is 9.59 Å². The van der Waals surface area contributed by atoms with Crippen LogP contribution in [0.4, 0.5) is 0 Å². The second-order valence-corrected chi connectivity index (χ2v) is 10.6. The van der Waals surface area contributed by atoms with Crippen molar-refractivity contribution in [3.63, 3.8) is 0 Å². The average molecular weight is 502 g/mol.